The predicted molar refractivity (Wildman–Crippen MR) is 95.2 cm³/mol. The molecule has 0 saturated carbocycles. The number of rotatable bonds is 5. The third-order valence-electron chi connectivity index (χ3n) is 3.93. The highest BCUT2D eigenvalue weighted by Gasteiger charge is 2.24. The largest absolute Gasteiger partial charge is 0.365 e. The van der Waals surface area contributed by atoms with E-state index in [-0.39, 0.29) is 11.7 Å². The summed E-state index contributed by atoms with van der Waals surface area (Å²) in [4.78, 5) is 25.5. The summed E-state index contributed by atoms with van der Waals surface area (Å²) in [6.07, 6.45) is 3.75. The fourth-order valence-corrected chi connectivity index (χ4v) is 4.82. The molecule has 0 fully saturated rings. The molecule has 3 rings (SSSR count). The third kappa shape index (κ3) is 4.01. The summed E-state index contributed by atoms with van der Waals surface area (Å²) in [7, 11) is 0. The Morgan fingerprint density at radius 3 is 2.68 bits per heavy atom. The molecule has 1 heterocycles. The minimum absolute atomic E-state index is 0.0197. The summed E-state index contributed by atoms with van der Waals surface area (Å²) < 4.78 is 26.1. The summed E-state index contributed by atoms with van der Waals surface area (Å²) >= 11 is 2.48. The van der Waals surface area contributed by atoms with Gasteiger partial charge in [-0.2, -0.15) is 0 Å². The highest BCUT2D eigenvalue weighted by atomic mass is 32.2. The smallest absolute Gasteiger partial charge is 0.251 e. The van der Waals surface area contributed by atoms with E-state index in [2.05, 4.69) is 5.32 Å². The van der Waals surface area contributed by atoms with E-state index < -0.39 is 17.5 Å². The molecule has 0 atom stereocenters. The van der Waals surface area contributed by atoms with Gasteiger partial charge in [0, 0.05) is 9.77 Å². The lowest BCUT2D eigenvalue weighted by Gasteiger charge is -2.11. The number of aryl methyl sites for hydroxylation is 1. The van der Waals surface area contributed by atoms with Gasteiger partial charge in [0.05, 0.1) is 11.3 Å². The van der Waals surface area contributed by atoms with Crippen molar-refractivity contribution in [2.75, 3.05) is 11.1 Å². The number of primary amides is 1. The summed E-state index contributed by atoms with van der Waals surface area (Å²) in [5.41, 5.74) is 6.85. The number of thiophene rings is 1. The number of carbonyl (C=O) groups is 2. The molecule has 4 nitrogen and oxygen atoms in total. The first kappa shape index (κ1) is 17.9. The van der Waals surface area contributed by atoms with Crippen LogP contribution in [0.2, 0.25) is 0 Å². The number of nitrogens with one attached hydrogen (secondary N) is 1. The van der Waals surface area contributed by atoms with Crippen LogP contribution in [0.5, 0.6) is 0 Å². The van der Waals surface area contributed by atoms with Gasteiger partial charge >= 0.3 is 0 Å². The van der Waals surface area contributed by atoms with Gasteiger partial charge in [-0.25, -0.2) is 8.78 Å². The number of thioether (sulfide) groups is 1. The van der Waals surface area contributed by atoms with Gasteiger partial charge in [-0.05, 0) is 49.4 Å². The van der Waals surface area contributed by atoms with E-state index >= 15 is 0 Å². The Morgan fingerprint density at radius 2 is 1.96 bits per heavy atom. The lowest BCUT2D eigenvalue weighted by molar-refractivity contribution is -0.113. The van der Waals surface area contributed by atoms with Crippen LogP contribution in [0.3, 0.4) is 0 Å². The predicted octanol–water partition coefficient (Wildman–Crippen LogP) is 3.73. The van der Waals surface area contributed by atoms with Gasteiger partial charge in [-0.15, -0.1) is 23.1 Å². The second-order valence-electron chi connectivity index (χ2n) is 5.69. The highest BCUT2D eigenvalue weighted by molar-refractivity contribution is 8.00. The van der Waals surface area contributed by atoms with Crippen LogP contribution in [0.25, 0.3) is 0 Å². The van der Waals surface area contributed by atoms with Crippen LogP contribution >= 0.6 is 23.1 Å². The van der Waals surface area contributed by atoms with Crippen molar-refractivity contribution in [1.82, 2.24) is 0 Å². The maximum Gasteiger partial charge on any atom is 0.251 e. The highest BCUT2D eigenvalue weighted by Crippen LogP contribution is 2.38. The number of halogens is 2. The molecule has 1 aromatic carbocycles. The zero-order valence-electron chi connectivity index (χ0n) is 13.2. The zero-order chi connectivity index (χ0) is 18.0. The molecular weight excluding hydrogens is 366 g/mol. The zero-order valence-corrected chi connectivity index (χ0v) is 14.9. The molecule has 25 heavy (non-hydrogen) atoms. The number of amides is 2. The van der Waals surface area contributed by atoms with Crippen LogP contribution in [0.4, 0.5) is 13.8 Å². The number of benzene rings is 1. The van der Waals surface area contributed by atoms with E-state index in [9.17, 15) is 18.4 Å². The quantitative estimate of drug-likeness (QED) is 0.774. The molecule has 0 unspecified atom stereocenters. The first-order valence-electron chi connectivity index (χ1n) is 7.77. The van der Waals surface area contributed by atoms with Gasteiger partial charge in [0.15, 0.2) is 11.6 Å². The molecule has 132 valence electrons. The summed E-state index contributed by atoms with van der Waals surface area (Å²) in [6, 6.07) is 3.48. The van der Waals surface area contributed by atoms with Gasteiger partial charge in [0.2, 0.25) is 5.91 Å². The van der Waals surface area contributed by atoms with Crippen molar-refractivity contribution in [1.29, 1.82) is 0 Å². The fourth-order valence-electron chi connectivity index (χ4n) is 2.79. The van der Waals surface area contributed by atoms with Crippen molar-refractivity contribution in [3.63, 3.8) is 0 Å². The molecule has 1 aliphatic rings. The van der Waals surface area contributed by atoms with Crippen LogP contribution < -0.4 is 11.1 Å². The average molecular weight is 382 g/mol. The Morgan fingerprint density at radius 1 is 1.20 bits per heavy atom. The average Bonchev–Trinajstić information content (AvgIpc) is 2.93. The first-order chi connectivity index (χ1) is 12.0. The summed E-state index contributed by atoms with van der Waals surface area (Å²) in [5, 5.41) is 3.22. The maximum atomic E-state index is 13.2. The topological polar surface area (TPSA) is 72.2 Å². The molecule has 8 heteroatoms. The molecule has 0 bridgehead atoms. The van der Waals surface area contributed by atoms with E-state index in [1.807, 2.05) is 0 Å². The van der Waals surface area contributed by atoms with Crippen molar-refractivity contribution in [2.24, 2.45) is 5.73 Å². The molecule has 3 N–H and O–H groups in total. The lowest BCUT2D eigenvalue weighted by atomic mass is 9.95. The van der Waals surface area contributed by atoms with Gasteiger partial charge < -0.3 is 11.1 Å². The third-order valence-corrected chi connectivity index (χ3v) is 6.13. The minimum atomic E-state index is -0.952. The van der Waals surface area contributed by atoms with Crippen LogP contribution in [0, 0.1) is 11.6 Å². The summed E-state index contributed by atoms with van der Waals surface area (Å²) in [5.74, 6) is -2.72. The minimum Gasteiger partial charge on any atom is -0.365 e. The maximum absolute atomic E-state index is 13.2. The van der Waals surface area contributed by atoms with Crippen molar-refractivity contribution in [3.8, 4) is 0 Å². The van der Waals surface area contributed by atoms with E-state index in [4.69, 9.17) is 5.73 Å². The van der Waals surface area contributed by atoms with Gasteiger partial charge in [-0.3, -0.25) is 9.59 Å². The molecular formula is C17H16F2N2O2S2. The molecule has 0 radical (unpaired) electrons. The lowest BCUT2D eigenvalue weighted by Crippen LogP contribution is -2.19. The van der Waals surface area contributed by atoms with Crippen LogP contribution in [0.1, 0.15) is 33.6 Å². The second-order valence-corrected chi connectivity index (χ2v) is 7.85. The number of anilines is 1. The van der Waals surface area contributed by atoms with Crippen molar-refractivity contribution < 1.29 is 18.4 Å². The Balaban J connectivity index is 1.69. The number of hydrogen-bond donors (Lipinski definition) is 2. The Labute approximate surface area is 151 Å². The molecule has 1 aromatic heterocycles. The standard InChI is InChI=1S/C17H16F2N2O2S2/c18-11-6-5-9(7-12(11)19)24-8-14(22)21-17-15(16(20)23)10-3-1-2-4-13(10)25-17/h5-7H,1-4,8H2,(H2,20,23)(H,21,22). The number of carbonyl (C=O) groups excluding carboxylic acids is 2. The molecule has 0 aliphatic heterocycles. The number of nitrogens with two attached hydrogens (primary N) is 1. The Bertz CT molecular complexity index is 836. The van der Waals surface area contributed by atoms with E-state index in [0.717, 1.165) is 60.0 Å². The van der Waals surface area contributed by atoms with Crippen molar-refractivity contribution >= 4 is 39.9 Å². The molecule has 2 amide bonds. The van der Waals surface area contributed by atoms with Crippen LogP contribution in [-0.4, -0.2) is 17.6 Å². The molecule has 0 spiro atoms. The van der Waals surface area contributed by atoms with Crippen LogP contribution in [0.15, 0.2) is 23.1 Å². The molecule has 0 saturated heterocycles. The van der Waals surface area contributed by atoms with Gasteiger partial charge in [0.1, 0.15) is 5.00 Å². The number of hydrogen-bond acceptors (Lipinski definition) is 4. The van der Waals surface area contributed by atoms with Crippen molar-refractivity contribution in [2.45, 2.75) is 30.6 Å². The number of fused-ring (bicyclic) bond motifs is 1. The Hall–Kier alpha value is -1.93. The summed E-state index contributed by atoms with van der Waals surface area (Å²) in [6.45, 7) is 0. The molecule has 2 aromatic rings. The SMILES string of the molecule is NC(=O)c1c(NC(=O)CSc2ccc(F)c(F)c2)sc2c1CCCC2. The van der Waals surface area contributed by atoms with Gasteiger partial charge in [-0.1, -0.05) is 0 Å². The first-order valence-corrected chi connectivity index (χ1v) is 9.58. The van der Waals surface area contributed by atoms with Crippen molar-refractivity contribution in [3.05, 3.63) is 45.8 Å². The normalized spacial score (nSPS) is 13.4. The van der Waals surface area contributed by atoms with Crippen LogP contribution in [-0.2, 0) is 17.6 Å². The van der Waals surface area contributed by atoms with E-state index in [1.54, 1.807) is 0 Å². The van der Waals surface area contributed by atoms with Gasteiger partial charge in [0.25, 0.3) is 5.91 Å². The monoisotopic (exact) mass is 382 g/mol. The molecule has 1 aliphatic carbocycles. The van der Waals surface area contributed by atoms with E-state index in [1.165, 1.54) is 17.4 Å². The van der Waals surface area contributed by atoms with E-state index in [0.29, 0.717) is 15.5 Å². The Kier molecular flexibility index (Phi) is 5.39. The second kappa shape index (κ2) is 7.53. The fraction of sp³-hybridized carbons (Fsp3) is 0.294.